The molecule has 1 heterocycles. The molecule has 0 bridgehead atoms. The van der Waals surface area contributed by atoms with Crippen LogP contribution in [0.2, 0.25) is 4.87 Å². The molecule has 1 N–H and O–H groups in total. The third-order valence-electron chi connectivity index (χ3n) is 1.60. The van der Waals surface area contributed by atoms with Gasteiger partial charge in [0, 0.05) is 0 Å². The normalized spacial score (nSPS) is 10.7. The number of nitrogens with one attached hydrogen (secondary N) is 1. The predicted octanol–water partition coefficient (Wildman–Crippen LogP) is 0.998. The summed E-state index contributed by atoms with van der Waals surface area (Å²) in [5, 5.41) is 0. The molecule has 2 nitrogen and oxygen atoms in total. The molecule has 0 aromatic carbocycles. The van der Waals surface area contributed by atoms with E-state index in [1.54, 1.807) is 18.3 Å². The van der Waals surface area contributed by atoms with Crippen molar-refractivity contribution in [3.8, 4) is 0 Å². The van der Waals surface area contributed by atoms with Gasteiger partial charge in [0.1, 0.15) is 0 Å². The molecule has 1 aromatic rings. The van der Waals surface area contributed by atoms with Crippen molar-refractivity contribution in [2.75, 3.05) is 7.05 Å². The Morgan fingerprint density at radius 2 is 2.25 bits per heavy atom. The van der Waals surface area contributed by atoms with Crippen LogP contribution in [0.15, 0.2) is 12.1 Å². The van der Waals surface area contributed by atoms with Gasteiger partial charge in [0.2, 0.25) is 0 Å². The number of Topliss-reactive ketones (excluding diaryl/α,β-unsaturated/α-hetero) is 1. The predicted molar refractivity (Wildman–Crippen MR) is 54.6 cm³/mol. The fourth-order valence-corrected chi connectivity index (χ4v) is 5.69. The molecule has 0 fully saturated rings. The Morgan fingerprint density at radius 1 is 1.58 bits per heavy atom. The molecular formula is C8H12NOSSb. The van der Waals surface area contributed by atoms with Gasteiger partial charge in [0.05, 0.1) is 0 Å². The number of carbonyl (C=O) groups is 1. The first-order valence-corrected chi connectivity index (χ1v) is 9.59. The maximum atomic E-state index is 11.0. The van der Waals surface area contributed by atoms with Crippen molar-refractivity contribution in [2.24, 2.45) is 0 Å². The zero-order valence-electron chi connectivity index (χ0n) is 7.42. The van der Waals surface area contributed by atoms with E-state index in [1.165, 1.54) is 2.82 Å². The van der Waals surface area contributed by atoms with Crippen LogP contribution < -0.4 is 6.30 Å². The molecule has 0 saturated carbocycles. The van der Waals surface area contributed by atoms with Gasteiger partial charge in [-0.15, -0.1) is 0 Å². The van der Waals surface area contributed by atoms with E-state index in [4.69, 9.17) is 0 Å². The van der Waals surface area contributed by atoms with Gasteiger partial charge in [-0.05, 0) is 0 Å². The molecule has 12 heavy (non-hydrogen) atoms. The Kier molecular flexibility index (Phi) is 3.75. The molecule has 0 aliphatic heterocycles. The SMILES string of the molecule is C[NH][Sb]([CH3])[c]1ccc(C(C)=O)s1. The summed E-state index contributed by atoms with van der Waals surface area (Å²) in [7, 11) is 2.00. The molecular weight excluding hydrogens is 280 g/mol. The second kappa shape index (κ2) is 4.40. The van der Waals surface area contributed by atoms with E-state index in [2.05, 4.69) is 14.4 Å². The van der Waals surface area contributed by atoms with Crippen LogP contribution in [0.3, 0.4) is 0 Å². The van der Waals surface area contributed by atoms with E-state index in [-0.39, 0.29) is 5.78 Å². The van der Waals surface area contributed by atoms with Crippen molar-refractivity contribution in [3.63, 3.8) is 0 Å². The standard InChI is InChI=1S/C6H5OS.CH4N.CH3.Sb/c1-5(7)6-3-2-4-8-6;1-2;;/h2-3H,1H3;2H,1H3;1H3;/q;-1;;+1. The van der Waals surface area contributed by atoms with Crippen LogP contribution in [0.5, 0.6) is 0 Å². The van der Waals surface area contributed by atoms with Crippen LogP contribution in [-0.2, 0) is 0 Å². The average molecular weight is 292 g/mol. The molecule has 0 unspecified atom stereocenters. The Labute approximate surface area is 84.3 Å². The van der Waals surface area contributed by atoms with Crippen LogP contribution >= 0.6 is 11.3 Å². The van der Waals surface area contributed by atoms with Gasteiger partial charge in [0.15, 0.2) is 0 Å². The van der Waals surface area contributed by atoms with Crippen molar-refractivity contribution in [2.45, 2.75) is 11.8 Å². The molecule has 0 saturated heterocycles. The van der Waals surface area contributed by atoms with Crippen molar-refractivity contribution in [1.82, 2.24) is 3.48 Å². The molecule has 0 amide bonds. The van der Waals surface area contributed by atoms with Crippen LogP contribution in [0.1, 0.15) is 16.6 Å². The summed E-state index contributed by atoms with van der Waals surface area (Å²) in [6.45, 7) is 1.62. The fraction of sp³-hybridized carbons (Fsp3) is 0.375. The van der Waals surface area contributed by atoms with Crippen molar-refractivity contribution >= 4 is 40.4 Å². The van der Waals surface area contributed by atoms with Gasteiger partial charge < -0.3 is 0 Å². The van der Waals surface area contributed by atoms with Crippen molar-refractivity contribution in [3.05, 3.63) is 17.0 Å². The third kappa shape index (κ3) is 2.32. The summed E-state index contributed by atoms with van der Waals surface area (Å²) in [6.07, 6.45) is 0. The zero-order chi connectivity index (χ0) is 9.14. The number of hydrogen-bond acceptors (Lipinski definition) is 3. The van der Waals surface area contributed by atoms with Crippen LogP contribution in [0, 0.1) is 0 Å². The molecule has 1 aromatic heterocycles. The van der Waals surface area contributed by atoms with E-state index in [9.17, 15) is 4.79 Å². The molecule has 0 spiro atoms. The summed E-state index contributed by atoms with van der Waals surface area (Å²) >= 11 is 0.290. The third-order valence-corrected chi connectivity index (χ3v) is 9.44. The average Bonchev–Trinajstić information content (AvgIpc) is 2.51. The van der Waals surface area contributed by atoms with Crippen LogP contribution in [0.25, 0.3) is 0 Å². The van der Waals surface area contributed by atoms with Crippen molar-refractivity contribution in [1.29, 1.82) is 0 Å². The van der Waals surface area contributed by atoms with Crippen LogP contribution in [-0.4, -0.2) is 33.3 Å². The van der Waals surface area contributed by atoms with Gasteiger partial charge in [-0.3, -0.25) is 0 Å². The Hall–Kier alpha value is 0.148. The minimum absolute atomic E-state index is 0.177. The van der Waals surface area contributed by atoms with E-state index in [0.29, 0.717) is 0 Å². The molecule has 66 valence electrons. The second-order valence-corrected chi connectivity index (χ2v) is 10.3. The minimum atomic E-state index is -1.35. The number of hydrogen-bond donors (Lipinski definition) is 1. The van der Waals surface area contributed by atoms with Crippen molar-refractivity contribution < 1.29 is 4.79 Å². The van der Waals surface area contributed by atoms with E-state index in [1.807, 2.05) is 13.1 Å². The summed E-state index contributed by atoms with van der Waals surface area (Å²) < 4.78 is 4.71. The molecule has 0 aliphatic carbocycles. The summed E-state index contributed by atoms with van der Waals surface area (Å²) in [5.41, 5.74) is 0. The summed E-state index contributed by atoms with van der Waals surface area (Å²) in [5.74, 6) is 0.177. The van der Waals surface area contributed by atoms with E-state index < -0.39 is 20.5 Å². The molecule has 0 radical (unpaired) electrons. The van der Waals surface area contributed by atoms with Gasteiger partial charge in [-0.25, -0.2) is 0 Å². The summed E-state index contributed by atoms with van der Waals surface area (Å²) in [4.78, 5) is 14.1. The van der Waals surface area contributed by atoms with Gasteiger partial charge >= 0.3 is 84.6 Å². The molecule has 4 heteroatoms. The number of rotatable bonds is 3. The number of thiophene rings is 1. The zero-order valence-corrected chi connectivity index (χ0v) is 10.8. The van der Waals surface area contributed by atoms with Gasteiger partial charge in [-0.2, -0.15) is 0 Å². The number of ketones is 1. The first-order chi connectivity index (χ1) is 5.65. The topological polar surface area (TPSA) is 29.1 Å². The monoisotopic (exact) mass is 291 g/mol. The maximum absolute atomic E-state index is 11.0. The Balaban J connectivity index is 2.84. The van der Waals surface area contributed by atoms with E-state index >= 15 is 0 Å². The van der Waals surface area contributed by atoms with Gasteiger partial charge in [-0.1, -0.05) is 0 Å². The molecule has 0 atom stereocenters. The number of carbonyl (C=O) groups excluding carboxylic acids is 1. The van der Waals surface area contributed by atoms with Gasteiger partial charge in [0.25, 0.3) is 0 Å². The molecule has 1 rings (SSSR count). The fourth-order valence-electron chi connectivity index (χ4n) is 0.807. The van der Waals surface area contributed by atoms with E-state index in [0.717, 1.165) is 4.88 Å². The Morgan fingerprint density at radius 3 is 2.67 bits per heavy atom. The first-order valence-electron chi connectivity index (χ1n) is 3.67. The quantitative estimate of drug-likeness (QED) is 0.665. The second-order valence-electron chi connectivity index (χ2n) is 2.48. The summed E-state index contributed by atoms with van der Waals surface area (Å²) in [6, 6.07) is 4.01. The van der Waals surface area contributed by atoms with Crippen LogP contribution in [0.4, 0.5) is 0 Å². The first kappa shape index (κ1) is 10.2. The molecule has 0 aliphatic rings. The Bertz CT molecular complexity index is 284.